The highest BCUT2D eigenvalue weighted by molar-refractivity contribution is 7.91. The van der Waals surface area contributed by atoms with Crippen molar-refractivity contribution in [3.8, 4) is 0 Å². The quantitative estimate of drug-likeness (QED) is 0.812. The highest BCUT2D eigenvalue weighted by Crippen LogP contribution is 2.38. The molecule has 22 heavy (non-hydrogen) atoms. The fourth-order valence-electron chi connectivity index (χ4n) is 3.37. The van der Waals surface area contributed by atoms with Crippen molar-refractivity contribution in [3.63, 3.8) is 0 Å². The predicted octanol–water partition coefficient (Wildman–Crippen LogP) is 3.28. The minimum atomic E-state index is -2.93. The molecule has 0 saturated carbocycles. The van der Waals surface area contributed by atoms with E-state index in [0.717, 1.165) is 35.0 Å². The Kier molecular flexibility index (Phi) is 4.80. The third-order valence-corrected chi connectivity index (χ3v) is 7.66. The van der Waals surface area contributed by atoms with Gasteiger partial charge >= 0.3 is 0 Å². The number of amides is 1. The number of sulfone groups is 1. The lowest BCUT2D eigenvalue weighted by atomic mass is 9.95. The van der Waals surface area contributed by atoms with Crippen LogP contribution < -0.4 is 0 Å². The van der Waals surface area contributed by atoms with Gasteiger partial charge in [-0.2, -0.15) is 0 Å². The number of halogens is 1. The first-order chi connectivity index (χ1) is 10.5. The summed E-state index contributed by atoms with van der Waals surface area (Å²) in [5.41, 5.74) is 0. The van der Waals surface area contributed by atoms with E-state index in [4.69, 9.17) is 11.6 Å². The molecule has 2 saturated heterocycles. The lowest BCUT2D eigenvalue weighted by molar-refractivity contribution is -0.139. The molecule has 1 aromatic heterocycles. The summed E-state index contributed by atoms with van der Waals surface area (Å²) in [6.07, 6.45) is 4.04. The maximum atomic E-state index is 12.9. The van der Waals surface area contributed by atoms with Crippen LogP contribution in [0.4, 0.5) is 0 Å². The zero-order chi connectivity index (χ0) is 15.7. The zero-order valence-corrected chi connectivity index (χ0v) is 14.7. The number of carbonyl (C=O) groups is 1. The van der Waals surface area contributed by atoms with E-state index in [1.165, 1.54) is 11.3 Å². The number of carbonyl (C=O) groups excluding carboxylic acids is 1. The average molecular weight is 362 g/mol. The molecule has 2 fully saturated rings. The predicted molar refractivity (Wildman–Crippen MR) is 89.0 cm³/mol. The van der Waals surface area contributed by atoms with E-state index in [9.17, 15) is 13.2 Å². The van der Waals surface area contributed by atoms with Gasteiger partial charge in [0, 0.05) is 17.3 Å². The third kappa shape index (κ3) is 3.49. The molecule has 1 aromatic rings. The first-order valence-corrected chi connectivity index (χ1v) is 10.7. The standard InChI is InChI=1S/C15H20ClNO3S2/c16-14-5-4-13(21-14)12-3-1-2-8-17(12)15(18)11-6-9-22(19,20)10-7-11/h4-5,11-12H,1-3,6-10H2. The maximum absolute atomic E-state index is 12.9. The monoisotopic (exact) mass is 361 g/mol. The molecule has 1 amide bonds. The van der Waals surface area contributed by atoms with Crippen LogP contribution in [0.5, 0.6) is 0 Å². The van der Waals surface area contributed by atoms with Gasteiger partial charge in [0.2, 0.25) is 5.91 Å². The Labute approximate surface area is 140 Å². The smallest absolute Gasteiger partial charge is 0.226 e. The minimum Gasteiger partial charge on any atom is -0.335 e. The molecule has 122 valence electrons. The second-order valence-electron chi connectivity index (χ2n) is 6.11. The van der Waals surface area contributed by atoms with Gasteiger partial charge in [0.05, 0.1) is 21.9 Å². The Bertz CT molecular complexity index is 641. The molecule has 1 atom stereocenters. The second-order valence-corrected chi connectivity index (χ2v) is 10.2. The van der Waals surface area contributed by atoms with Gasteiger partial charge in [-0.3, -0.25) is 4.79 Å². The summed E-state index contributed by atoms with van der Waals surface area (Å²) >= 11 is 7.57. The van der Waals surface area contributed by atoms with E-state index in [0.29, 0.717) is 12.8 Å². The van der Waals surface area contributed by atoms with Crippen molar-refractivity contribution in [1.82, 2.24) is 4.90 Å². The maximum Gasteiger partial charge on any atom is 0.226 e. The van der Waals surface area contributed by atoms with Gasteiger partial charge in [-0.25, -0.2) is 8.42 Å². The van der Waals surface area contributed by atoms with Gasteiger partial charge < -0.3 is 4.90 Å². The van der Waals surface area contributed by atoms with Crippen molar-refractivity contribution < 1.29 is 13.2 Å². The Morgan fingerprint density at radius 1 is 1.18 bits per heavy atom. The number of hydrogen-bond donors (Lipinski definition) is 0. The van der Waals surface area contributed by atoms with Crippen LogP contribution in [0, 0.1) is 5.92 Å². The Balaban J connectivity index is 1.74. The van der Waals surface area contributed by atoms with Crippen LogP contribution in [0.15, 0.2) is 12.1 Å². The van der Waals surface area contributed by atoms with Gasteiger partial charge in [-0.15, -0.1) is 11.3 Å². The van der Waals surface area contributed by atoms with Gasteiger partial charge in [-0.1, -0.05) is 11.6 Å². The number of thiophene rings is 1. The third-order valence-electron chi connectivity index (χ3n) is 4.61. The summed E-state index contributed by atoms with van der Waals surface area (Å²) in [6, 6.07) is 4.00. The summed E-state index contributed by atoms with van der Waals surface area (Å²) in [4.78, 5) is 16.0. The van der Waals surface area contributed by atoms with E-state index in [2.05, 4.69) is 0 Å². The summed E-state index contributed by atoms with van der Waals surface area (Å²) in [7, 11) is -2.93. The summed E-state index contributed by atoms with van der Waals surface area (Å²) in [6.45, 7) is 0.766. The van der Waals surface area contributed by atoms with Crippen LogP contribution in [0.3, 0.4) is 0 Å². The number of nitrogens with zero attached hydrogens (tertiary/aromatic N) is 1. The largest absolute Gasteiger partial charge is 0.335 e. The van der Waals surface area contributed by atoms with E-state index >= 15 is 0 Å². The first kappa shape index (κ1) is 16.3. The Morgan fingerprint density at radius 2 is 1.91 bits per heavy atom. The minimum absolute atomic E-state index is 0.109. The lowest BCUT2D eigenvalue weighted by Gasteiger charge is -2.38. The molecule has 0 radical (unpaired) electrons. The SMILES string of the molecule is O=C(C1CCS(=O)(=O)CC1)N1CCCCC1c1ccc(Cl)s1. The number of likely N-dealkylation sites (tertiary alicyclic amines) is 1. The van der Waals surface area contributed by atoms with E-state index in [1.807, 2.05) is 17.0 Å². The van der Waals surface area contributed by atoms with Gasteiger partial charge in [0.1, 0.15) is 9.84 Å². The molecule has 0 aliphatic carbocycles. The molecule has 0 N–H and O–H groups in total. The second kappa shape index (κ2) is 6.49. The summed E-state index contributed by atoms with van der Waals surface area (Å²) in [5.74, 6) is 0.281. The lowest BCUT2D eigenvalue weighted by Crippen LogP contribution is -2.43. The van der Waals surface area contributed by atoms with Gasteiger partial charge in [0.25, 0.3) is 0 Å². The molecule has 7 heteroatoms. The van der Waals surface area contributed by atoms with Crippen LogP contribution in [0.1, 0.15) is 43.0 Å². The normalized spacial score (nSPS) is 26.0. The van der Waals surface area contributed by atoms with Gasteiger partial charge in [-0.05, 0) is 44.2 Å². The van der Waals surface area contributed by atoms with Crippen molar-refractivity contribution in [2.24, 2.45) is 5.92 Å². The number of piperidine rings is 1. The van der Waals surface area contributed by atoms with E-state index in [1.54, 1.807) is 0 Å². The fourth-order valence-corrected chi connectivity index (χ4v) is 6.07. The molecular formula is C15H20ClNO3S2. The molecule has 3 rings (SSSR count). The van der Waals surface area contributed by atoms with Crippen LogP contribution in [0.25, 0.3) is 0 Å². The zero-order valence-electron chi connectivity index (χ0n) is 12.3. The van der Waals surface area contributed by atoms with Crippen LogP contribution >= 0.6 is 22.9 Å². The molecule has 1 unspecified atom stereocenters. The topological polar surface area (TPSA) is 54.5 Å². The molecule has 4 nitrogen and oxygen atoms in total. The van der Waals surface area contributed by atoms with E-state index in [-0.39, 0.29) is 29.4 Å². The van der Waals surface area contributed by atoms with Crippen LogP contribution in [-0.4, -0.2) is 37.3 Å². The average Bonchev–Trinajstić information content (AvgIpc) is 2.93. The highest BCUT2D eigenvalue weighted by atomic mass is 35.5. The molecular weight excluding hydrogens is 342 g/mol. The molecule has 2 aliphatic rings. The molecule has 3 heterocycles. The summed E-state index contributed by atoms with van der Waals surface area (Å²) in [5, 5.41) is 0. The first-order valence-electron chi connectivity index (χ1n) is 7.72. The van der Waals surface area contributed by atoms with Crippen molar-refractivity contribution >= 4 is 38.7 Å². The number of rotatable bonds is 2. The molecule has 0 bridgehead atoms. The van der Waals surface area contributed by atoms with Crippen molar-refractivity contribution in [2.75, 3.05) is 18.1 Å². The summed E-state index contributed by atoms with van der Waals surface area (Å²) < 4.78 is 23.8. The van der Waals surface area contributed by atoms with E-state index < -0.39 is 9.84 Å². The number of hydrogen-bond acceptors (Lipinski definition) is 4. The van der Waals surface area contributed by atoms with Crippen molar-refractivity contribution in [3.05, 3.63) is 21.3 Å². The van der Waals surface area contributed by atoms with Crippen molar-refractivity contribution in [1.29, 1.82) is 0 Å². The molecule has 0 spiro atoms. The van der Waals surface area contributed by atoms with Crippen LogP contribution in [0.2, 0.25) is 4.34 Å². The molecule has 0 aromatic carbocycles. The van der Waals surface area contributed by atoms with Gasteiger partial charge in [0.15, 0.2) is 0 Å². The molecule has 2 aliphatic heterocycles. The fraction of sp³-hybridized carbons (Fsp3) is 0.667. The highest BCUT2D eigenvalue weighted by Gasteiger charge is 2.35. The Morgan fingerprint density at radius 3 is 2.55 bits per heavy atom. The van der Waals surface area contributed by atoms with Crippen molar-refractivity contribution in [2.45, 2.75) is 38.1 Å². The van der Waals surface area contributed by atoms with Crippen LogP contribution in [-0.2, 0) is 14.6 Å². The Hall–Kier alpha value is -0.590.